The first-order valence-corrected chi connectivity index (χ1v) is 24.4. The zero-order valence-electron chi connectivity index (χ0n) is 37.1. The molecule has 0 heterocycles. The van der Waals surface area contributed by atoms with Crippen LogP contribution in [0.25, 0.3) is 0 Å². The fraction of sp³-hybridized carbons (Fsp3) is 0.918. The number of hydrogen-bond acceptors (Lipinski definition) is 5. The molecule has 0 saturated carbocycles. The Hall–Kier alpha value is -1.40. The summed E-state index contributed by atoms with van der Waals surface area (Å²) in [5.41, 5.74) is 0. The van der Waals surface area contributed by atoms with Gasteiger partial charge in [0.15, 0.2) is 0 Å². The summed E-state index contributed by atoms with van der Waals surface area (Å²) in [5.74, 6) is -0.472. The van der Waals surface area contributed by atoms with Crippen LogP contribution in [0.15, 0.2) is 12.2 Å². The molecule has 0 aromatic carbocycles. The molecule has 0 radical (unpaired) electrons. The number of allylic oxidation sites excluding steroid dienone is 2. The third-order valence-electron chi connectivity index (χ3n) is 11.3. The number of nitrogens with one attached hydrogen (secondary N) is 1. The number of carbonyl (C=O) groups is 2. The Morgan fingerprint density at radius 3 is 1.35 bits per heavy atom. The van der Waals surface area contributed by atoms with E-state index in [2.05, 4.69) is 38.2 Å². The third kappa shape index (κ3) is 39.2. The van der Waals surface area contributed by atoms with Crippen molar-refractivity contribution in [1.82, 2.24) is 5.32 Å². The zero-order valence-corrected chi connectivity index (χ0v) is 37.1. The lowest BCUT2D eigenvalue weighted by Crippen LogP contribution is -2.46. The summed E-state index contributed by atoms with van der Waals surface area (Å²) in [5, 5.41) is 23.7. The van der Waals surface area contributed by atoms with Crippen molar-refractivity contribution < 1.29 is 24.5 Å². The molecule has 326 valence electrons. The smallest absolute Gasteiger partial charge is 0.306 e. The Morgan fingerprint density at radius 1 is 0.509 bits per heavy atom. The van der Waals surface area contributed by atoms with Gasteiger partial charge in [-0.25, -0.2) is 0 Å². The van der Waals surface area contributed by atoms with Crippen molar-refractivity contribution in [3.63, 3.8) is 0 Å². The quantitative estimate of drug-likeness (QED) is 0.0325. The fourth-order valence-electron chi connectivity index (χ4n) is 7.59. The summed E-state index contributed by atoms with van der Waals surface area (Å²) < 4.78 is 5.90. The highest BCUT2D eigenvalue weighted by Crippen LogP contribution is 2.18. The molecule has 0 saturated heterocycles. The summed E-state index contributed by atoms with van der Waals surface area (Å²) in [6, 6.07) is -0.695. The Morgan fingerprint density at radius 2 is 0.891 bits per heavy atom. The van der Waals surface area contributed by atoms with Gasteiger partial charge in [-0.15, -0.1) is 0 Å². The van der Waals surface area contributed by atoms with Crippen LogP contribution < -0.4 is 5.32 Å². The zero-order chi connectivity index (χ0) is 40.3. The maximum absolute atomic E-state index is 13.1. The molecule has 3 N–H and O–H groups in total. The van der Waals surface area contributed by atoms with Crippen LogP contribution >= 0.6 is 0 Å². The number of carbonyl (C=O) groups excluding carboxylic acids is 2. The average Bonchev–Trinajstić information content (AvgIpc) is 3.18. The van der Waals surface area contributed by atoms with E-state index in [9.17, 15) is 19.8 Å². The van der Waals surface area contributed by atoms with E-state index in [1.807, 2.05) is 0 Å². The number of amides is 1. The lowest BCUT2D eigenvalue weighted by molar-refractivity contribution is -0.151. The van der Waals surface area contributed by atoms with Gasteiger partial charge in [-0.2, -0.15) is 0 Å². The molecule has 0 aliphatic rings. The number of unbranched alkanes of at least 4 members (excludes halogenated alkanes) is 30. The molecule has 1 amide bonds. The van der Waals surface area contributed by atoms with Crippen LogP contribution in [0.5, 0.6) is 0 Å². The van der Waals surface area contributed by atoms with Gasteiger partial charge < -0.3 is 20.3 Å². The van der Waals surface area contributed by atoms with Gasteiger partial charge in [-0.1, -0.05) is 219 Å². The highest BCUT2D eigenvalue weighted by atomic mass is 16.5. The van der Waals surface area contributed by atoms with Gasteiger partial charge in [0, 0.05) is 6.42 Å². The van der Waals surface area contributed by atoms with Crippen molar-refractivity contribution >= 4 is 11.9 Å². The molecule has 3 atom stereocenters. The van der Waals surface area contributed by atoms with Gasteiger partial charge in [0.2, 0.25) is 5.91 Å². The molecule has 0 fully saturated rings. The number of hydrogen-bond donors (Lipinski definition) is 3. The van der Waals surface area contributed by atoms with Crippen LogP contribution in [0.3, 0.4) is 0 Å². The normalized spacial score (nSPS) is 13.3. The SMILES string of the molecule is CCCC/C=C\CCCCCCCC(=O)OC(CCCCCCCCCCCCC)CC(=O)NC(CO)C(O)CCCCCCCCCCCCCCCC. The molecular formula is C49H95NO5. The molecule has 55 heavy (non-hydrogen) atoms. The molecule has 0 spiro atoms. The predicted molar refractivity (Wildman–Crippen MR) is 237 cm³/mol. The van der Waals surface area contributed by atoms with Crippen molar-refractivity contribution in [2.24, 2.45) is 0 Å². The number of aliphatic hydroxyl groups is 2. The monoisotopic (exact) mass is 778 g/mol. The van der Waals surface area contributed by atoms with Gasteiger partial charge in [0.1, 0.15) is 6.10 Å². The van der Waals surface area contributed by atoms with E-state index < -0.39 is 18.2 Å². The molecule has 3 unspecified atom stereocenters. The van der Waals surface area contributed by atoms with Gasteiger partial charge in [0.05, 0.1) is 25.2 Å². The van der Waals surface area contributed by atoms with E-state index in [0.717, 1.165) is 51.4 Å². The Labute approximate surface area is 342 Å². The number of esters is 1. The molecule has 0 aliphatic heterocycles. The largest absolute Gasteiger partial charge is 0.462 e. The van der Waals surface area contributed by atoms with E-state index in [1.165, 1.54) is 167 Å². The Balaban J connectivity index is 4.50. The molecular weight excluding hydrogens is 683 g/mol. The minimum absolute atomic E-state index is 0.0807. The first-order valence-electron chi connectivity index (χ1n) is 24.4. The highest BCUT2D eigenvalue weighted by Gasteiger charge is 2.24. The van der Waals surface area contributed by atoms with Gasteiger partial charge >= 0.3 is 5.97 Å². The molecule has 6 nitrogen and oxygen atoms in total. The molecule has 0 rings (SSSR count). The van der Waals surface area contributed by atoms with Crippen LogP contribution in [-0.4, -0.2) is 46.9 Å². The molecule has 0 aromatic rings. The standard InChI is InChI=1S/C49H95NO5/c1-4-7-10-13-16-19-22-23-24-27-29-32-35-38-41-47(52)46(44-51)50-48(53)43-45(40-37-34-31-28-25-20-17-14-11-8-5-2)55-49(54)42-39-36-33-30-26-21-18-15-12-9-6-3/h15,18,45-47,51-52H,4-14,16-17,19-44H2,1-3H3,(H,50,53)/b18-15-. The maximum Gasteiger partial charge on any atom is 0.306 e. The Bertz CT molecular complexity index is 832. The second-order valence-electron chi connectivity index (χ2n) is 16.9. The summed E-state index contributed by atoms with van der Waals surface area (Å²) >= 11 is 0. The summed E-state index contributed by atoms with van der Waals surface area (Å²) in [7, 11) is 0. The minimum Gasteiger partial charge on any atom is -0.462 e. The first-order chi connectivity index (χ1) is 27.0. The predicted octanol–water partition coefficient (Wildman–Crippen LogP) is 14.2. The number of aliphatic hydroxyl groups excluding tert-OH is 2. The summed E-state index contributed by atoms with van der Waals surface area (Å²) in [4.78, 5) is 26.0. The van der Waals surface area contributed by atoms with Crippen molar-refractivity contribution in [2.75, 3.05) is 6.61 Å². The summed E-state index contributed by atoms with van der Waals surface area (Å²) in [6.07, 6.45) is 46.9. The minimum atomic E-state index is -0.781. The molecule has 0 aliphatic carbocycles. The summed E-state index contributed by atoms with van der Waals surface area (Å²) in [6.45, 7) is 6.45. The molecule has 0 aromatic heterocycles. The second-order valence-corrected chi connectivity index (χ2v) is 16.9. The average molecular weight is 778 g/mol. The van der Waals surface area contributed by atoms with Gasteiger partial charge in [-0.05, 0) is 44.9 Å². The first kappa shape index (κ1) is 53.6. The molecule has 6 heteroatoms. The van der Waals surface area contributed by atoms with E-state index >= 15 is 0 Å². The Kier molecular flexibility index (Phi) is 42.6. The van der Waals surface area contributed by atoms with E-state index in [-0.39, 0.29) is 24.9 Å². The highest BCUT2D eigenvalue weighted by molar-refractivity contribution is 5.77. The van der Waals surface area contributed by atoms with Gasteiger partial charge in [0.25, 0.3) is 0 Å². The van der Waals surface area contributed by atoms with Crippen LogP contribution in [-0.2, 0) is 14.3 Å². The fourth-order valence-corrected chi connectivity index (χ4v) is 7.59. The van der Waals surface area contributed by atoms with Gasteiger partial charge in [-0.3, -0.25) is 9.59 Å². The van der Waals surface area contributed by atoms with Crippen LogP contribution in [0, 0.1) is 0 Å². The number of rotatable bonds is 44. The van der Waals surface area contributed by atoms with Crippen LogP contribution in [0.4, 0.5) is 0 Å². The van der Waals surface area contributed by atoms with Crippen LogP contribution in [0.1, 0.15) is 265 Å². The van der Waals surface area contributed by atoms with Crippen molar-refractivity contribution in [3.05, 3.63) is 12.2 Å². The topological polar surface area (TPSA) is 95.9 Å². The van der Waals surface area contributed by atoms with E-state index in [1.54, 1.807) is 0 Å². The van der Waals surface area contributed by atoms with E-state index in [4.69, 9.17) is 4.74 Å². The van der Waals surface area contributed by atoms with E-state index in [0.29, 0.717) is 19.3 Å². The maximum atomic E-state index is 13.1. The van der Waals surface area contributed by atoms with Crippen molar-refractivity contribution in [1.29, 1.82) is 0 Å². The lowest BCUT2D eigenvalue weighted by Gasteiger charge is -2.24. The van der Waals surface area contributed by atoms with Crippen molar-refractivity contribution in [2.45, 2.75) is 283 Å². The third-order valence-corrected chi connectivity index (χ3v) is 11.3. The van der Waals surface area contributed by atoms with Crippen molar-refractivity contribution in [3.8, 4) is 0 Å². The molecule has 0 bridgehead atoms. The van der Waals surface area contributed by atoms with Crippen LogP contribution in [0.2, 0.25) is 0 Å². The lowest BCUT2D eigenvalue weighted by atomic mass is 10.0. The second kappa shape index (κ2) is 43.7. The number of ether oxygens (including phenoxy) is 1.